The molecule has 0 aliphatic heterocycles. The van der Waals surface area contributed by atoms with Crippen molar-refractivity contribution in [2.45, 2.75) is 35.9 Å². The number of rotatable bonds is 5. The van der Waals surface area contributed by atoms with Gasteiger partial charge in [0.15, 0.2) is 0 Å². The van der Waals surface area contributed by atoms with Gasteiger partial charge in [0.05, 0.1) is 10.6 Å². The fraction of sp³-hybridized carbons (Fsp3) is 0.500. The minimum atomic E-state index is -7.95. The lowest BCUT2D eigenvalue weighted by atomic mass is 9.85. The van der Waals surface area contributed by atoms with Gasteiger partial charge in [-0.05, 0) is 12.1 Å². The van der Waals surface area contributed by atoms with E-state index in [-0.39, 0.29) is 12.1 Å². The van der Waals surface area contributed by atoms with Gasteiger partial charge in [-0.2, -0.15) is 67.3 Å². The fourth-order valence-corrected chi connectivity index (χ4v) is 1.87. The summed E-state index contributed by atoms with van der Waals surface area (Å²) in [6.45, 7) is 0. The Hall–Kier alpha value is -2.69. The fourth-order valence-electron chi connectivity index (χ4n) is 1.87. The van der Waals surface area contributed by atoms with Crippen LogP contribution in [-0.2, 0) is 0 Å². The average Bonchev–Trinajstić information content (AvgIpc) is 2.51. The Labute approximate surface area is 155 Å². The molecule has 0 radical (unpaired) electrons. The second-order valence-electron chi connectivity index (χ2n) is 5.33. The number of nitrogens with zero attached hydrogens (tertiary/aromatic N) is 3. The molecule has 0 aliphatic rings. The molecule has 170 valence electrons. The third kappa shape index (κ3) is 3.85. The quantitative estimate of drug-likeness (QED) is 0.218. The third-order valence-corrected chi connectivity index (χ3v) is 3.40. The molecule has 5 nitrogen and oxygen atoms in total. The Morgan fingerprint density at radius 3 is 1.37 bits per heavy atom. The molecule has 18 heteroatoms. The van der Waals surface area contributed by atoms with Gasteiger partial charge >= 0.3 is 35.9 Å². The van der Waals surface area contributed by atoms with E-state index in [0.717, 1.165) is 0 Å². The normalized spacial score (nSPS) is 15.0. The van der Waals surface area contributed by atoms with E-state index >= 15 is 0 Å². The van der Waals surface area contributed by atoms with Gasteiger partial charge in [-0.25, -0.2) is 0 Å². The minimum absolute atomic E-state index is 0.277. The average molecular weight is 469 g/mol. The Bertz CT molecular complexity index is 795. The molecule has 0 unspecified atom stereocenters. The molecule has 1 rings (SSSR count). The molecule has 1 aromatic rings. The number of hydrogen-bond acceptors (Lipinski definition) is 4. The smallest absolute Gasteiger partial charge is 0.258 e. The number of benzene rings is 1. The zero-order valence-electron chi connectivity index (χ0n) is 13.4. The number of hydrogen-bond donors (Lipinski definition) is 0. The highest BCUT2D eigenvalue weighted by Crippen LogP contribution is 2.62. The monoisotopic (exact) mass is 469 g/mol. The lowest BCUT2D eigenvalue weighted by Gasteiger charge is -2.41. The summed E-state index contributed by atoms with van der Waals surface area (Å²) >= 11 is 0. The van der Waals surface area contributed by atoms with Gasteiger partial charge < -0.3 is 0 Å². The largest absolute Gasteiger partial charge is 0.459 e. The highest BCUT2D eigenvalue weighted by molar-refractivity contribution is 5.43. The van der Waals surface area contributed by atoms with Crippen molar-refractivity contribution in [3.8, 4) is 0 Å². The van der Waals surface area contributed by atoms with Crippen molar-refractivity contribution in [3.05, 3.63) is 34.4 Å². The maximum atomic E-state index is 13.7. The Balaban J connectivity index is 3.82. The van der Waals surface area contributed by atoms with Crippen molar-refractivity contribution in [1.29, 1.82) is 0 Å². The first kappa shape index (κ1) is 25.3. The van der Waals surface area contributed by atoms with Crippen molar-refractivity contribution in [2.24, 2.45) is 10.2 Å². The van der Waals surface area contributed by atoms with Gasteiger partial charge in [-0.15, -0.1) is 0 Å². The van der Waals surface area contributed by atoms with Crippen LogP contribution in [0, 0.1) is 10.1 Å². The number of halogens is 13. The van der Waals surface area contributed by atoms with Gasteiger partial charge in [0.1, 0.15) is 0 Å². The van der Waals surface area contributed by atoms with Crippen molar-refractivity contribution >= 4 is 11.4 Å². The predicted octanol–water partition coefficient (Wildman–Crippen LogP) is 6.37. The van der Waals surface area contributed by atoms with Crippen LogP contribution < -0.4 is 0 Å². The SMILES string of the molecule is O=[N+]([O-])c1ccc(N=NC(C(F)(F)F)(C(F)(F)F)C(F)(F)C(F)(F)C(F)(F)F)cc1. The van der Waals surface area contributed by atoms with Crippen LogP contribution in [0.25, 0.3) is 0 Å². The zero-order valence-corrected chi connectivity index (χ0v) is 13.4. The van der Waals surface area contributed by atoms with Gasteiger partial charge in [0.25, 0.3) is 5.69 Å². The van der Waals surface area contributed by atoms with Crippen molar-refractivity contribution in [2.75, 3.05) is 0 Å². The van der Waals surface area contributed by atoms with Crippen LogP contribution in [0.5, 0.6) is 0 Å². The van der Waals surface area contributed by atoms with Crippen molar-refractivity contribution in [3.63, 3.8) is 0 Å². The first-order valence-corrected chi connectivity index (χ1v) is 6.76. The molecule has 0 heterocycles. The molecule has 1 aromatic carbocycles. The third-order valence-electron chi connectivity index (χ3n) is 3.40. The van der Waals surface area contributed by atoms with Crippen molar-refractivity contribution in [1.82, 2.24) is 0 Å². The van der Waals surface area contributed by atoms with Gasteiger partial charge in [-0.1, -0.05) is 0 Å². The second-order valence-corrected chi connectivity index (χ2v) is 5.33. The van der Waals surface area contributed by atoms with Crippen LogP contribution in [0.1, 0.15) is 0 Å². The van der Waals surface area contributed by atoms with Crippen molar-refractivity contribution < 1.29 is 62.0 Å². The Morgan fingerprint density at radius 2 is 1.07 bits per heavy atom. The molecule has 0 atom stereocenters. The summed E-state index contributed by atoms with van der Waals surface area (Å²) in [7, 11) is 0. The summed E-state index contributed by atoms with van der Waals surface area (Å²) in [5, 5.41) is 13.6. The highest BCUT2D eigenvalue weighted by atomic mass is 19.4. The molecular weight excluding hydrogens is 465 g/mol. The topological polar surface area (TPSA) is 67.9 Å². The predicted molar refractivity (Wildman–Crippen MR) is 68.4 cm³/mol. The number of nitro benzene ring substituents is 1. The van der Waals surface area contributed by atoms with E-state index in [9.17, 15) is 67.2 Å². The molecule has 30 heavy (non-hydrogen) atoms. The van der Waals surface area contributed by atoms with Gasteiger partial charge in [-0.3, -0.25) is 10.1 Å². The van der Waals surface area contributed by atoms with Crippen LogP contribution in [0.2, 0.25) is 0 Å². The van der Waals surface area contributed by atoms with E-state index < -0.39 is 52.2 Å². The summed E-state index contributed by atoms with van der Waals surface area (Å²) in [6.07, 6.45) is -22.6. The molecule has 0 aliphatic carbocycles. The summed E-state index contributed by atoms with van der Waals surface area (Å²) in [6, 6.07) is 1.36. The first-order valence-electron chi connectivity index (χ1n) is 6.76. The lowest BCUT2D eigenvalue weighted by molar-refractivity contribution is -0.426. The van der Waals surface area contributed by atoms with Gasteiger partial charge in [0, 0.05) is 12.1 Å². The van der Waals surface area contributed by atoms with E-state index in [0.29, 0.717) is 12.1 Å². The van der Waals surface area contributed by atoms with Crippen LogP contribution >= 0.6 is 0 Å². The summed E-state index contributed by atoms with van der Waals surface area (Å²) in [4.78, 5) is 9.29. The number of nitro groups is 1. The molecule has 0 saturated heterocycles. The molecule has 0 N–H and O–H groups in total. The molecule has 0 fully saturated rings. The molecular formula is C12H4F13N3O2. The second kappa shape index (κ2) is 7.22. The molecule has 0 bridgehead atoms. The summed E-state index contributed by atoms with van der Waals surface area (Å²) in [5.74, 6) is -15.8. The van der Waals surface area contributed by atoms with E-state index in [1.807, 2.05) is 0 Å². The van der Waals surface area contributed by atoms with E-state index in [1.165, 1.54) is 5.11 Å². The molecule has 0 amide bonds. The van der Waals surface area contributed by atoms with Gasteiger partial charge in [0.2, 0.25) is 0 Å². The standard InChI is InChI=1S/C12H4F13N3O2/c13-8(14,9(15,16)12(23,24)25)7(10(17,18)19,11(20,21)22)27-26-5-1-3-6(4-2-5)28(29)30/h1-4H. The molecule has 0 aromatic heterocycles. The number of alkyl halides is 13. The molecule has 0 spiro atoms. The van der Waals surface area contributed by atoms with Crippen LogP contribution in [0.3, 0.4) is 0 Å². The van der Waals surface area contributed by atoms with E-state index in [1.54, 1.807) is 0 Å². The van der Waals surface area contributed by atoms with E-state index in [2.05, 4.69) is 5.11 Å². The zero-order chi connectivity index (χ0) is 24.0. The van der Waals surface area contributed by atoms with E-state index in [4.69, 9.17) is 0 Å². The minimum Gasteiger partial charge on any atom is -0.258 e. The maximum absolute atomic E-state index is 13.7. The Kier molecular flexibility index (Phi) is 6.10. The Morgan fingerprint density at radius 1 is 0.667 bits per heavy atom. The number of non-ortho nitro benzene ring substituents is 1. The first-order chi connectivity index (χ1) is 13.1. The summed E-state index contributed by atoms with van der Waals surface area (Å²) < 4.78 is 168. The molecule has 0 saturated carbocycles. The highest BCUT2D eigenvalue weighted by Gasteiger charge is 2.93. The lowest BCUT2D eigenvalue weighted by Crippen LogP contribution is -2.74. The maximum Gasteiger partial charge on any atom is 0.459 e. The van der Waals surface area contributed by atoms with Crippen LogP contribution in [-0.4, -0.2) is 40.8 Å². The van der Waals surface area contributed by atoms with Crippen LogP contribution in [0.4, 0.5) is 68.5 Å². The summed E-state index contributed by atoms with van der Waals surface area (Å²) in [5.41, 5.74) is -9.36. The number of azo groups is 1. The van der Waals surface area contributed by atoms with Crippen LogP contribution in [0.15, 0.2) is 34.5 Å².